The van der Waals surface area contributed by atoms with Gasteiger partial charge in [-0.15, -0.1) is 11.3 Å². The molecule has 0 amide bonds. The van der Waals surface area contributed by atoms with Crippen LogP contribution in [-0.2, 0) is 12.8 Å². The first-order chi connectivity index (χ1) is 8.85. The third-order valence-corrected chi connectivity index (χ3v) is 4.20. The van der Waals surface area contributed by atoms with E-state index in [-0.39, 0.29) is 5.82 Å². The van der Waals surface area contributed by atoms with Crippen molar-refractivity contribution in [2.75, 3.05) is 0 Å². The minimum atomic E-state index is -0.412. The molecule has 1 aromatic heterocycles. The minimum Gasteiger partial charge on any atom is -0.325 e. The predicted molar refractivity (Wildman–Crippen MR) is 78.0 cm³/mol. The van der Waals surface area contributed by atoms with Gasteiger partial charge in [-0.2, -0.15) is 0 Å². The van der Waals surface area contributed by atoms with Crippen molar-refractivity contribution in [3.8, 4) is 0 Å². The van der Waals surface area contributed by atoms with E-state index in [1.54, 1.807) is 23.5 Å². The van der Waals surface area contributed by atoms with Crippen LogP contribution in [0, 0.1) is 19.7 Å². The molecule has 0 aliphatic heterocycles. The second kappa shape index (κ2) is 5.39. The monoisotopic (exact) mass is 278 g/mol. The number of benzene rings is 1. The van der Waals surface area contributed by atoms with E-state index in [0.29, 0.717) is 12.8 Å². The van der Waals surface area contributed by atoms with Crippen molar-refractivity contribution in [1.29, 1.82) is 0 Å². The average molecular weight is 278 g/mol. The van der Waals surface area contributed by atoms with E-state index in [0.717, 1.165) is 16.3 Å². The fourth-order valence-electron chi connectivity index (χ4n) is 2.14. The highest BCUT2D eigenvalue weighted by molar-refractivity contribution is 7.11. The molecule has 0 fully saturated rings. The maximum Gasteiger partial charge on any atom is 0.123 e. The SMILES string of the molecule is Cc1nc(CC(C)(N)Cc2cccc(F)c2)sc1C. The van der Waals surface area contributed by atoms with Crippen LogP contribution in [0.2, 0.25) is 0 Å². The Morgan fingerprint density at radius 1 is 1.32 bits per heavy atom. The number of hydrogen-bond donors (Lipinski definition) is 1. The van der Waals surface area contributed by atoms with Crippen molar-refractivity contribution < 1.29 is 4.39 Å². The quantitative estimate of drug-likeness (QED) is 0.931. The predicted octanol–water partition coefficient (Wildman–Crippen LogP) is 3.40. The Morgan fingerprint density at radius 3 is 2.63 bits per heavy atom. The summed E-state index contributed by atoms with van der Waals surface area (Å²) in [6.07, 6.45) is 1.35. The van der Waals surface area contributed by atoms with E-state index in [1.807, 2.05) is 19.9 Å². The van der Waals surface area contributed by atoms with Gasteiger partial charge in [0.25, 0.3) is 0 Å². The number of aromatic nitrogens is 1. The zero-order valence-corrected chi connectivity index (χ0v) is 12.4. The summed E-state index contributed by atoms with van der Waals surface area (Å²) < 4.78 is 13.2. The van der Waals surface area contributed by atoms with Crippen LogP contribution in [0.1, 0.15) is 28.1 Å². The zero-order valence-electron chi connectivity index (χ0n) is 11.5. The Hall–Kier alpha value is -1.26. The Labute approximate surface area is 117 Å². The molecule has 0 saturated carbocycles. The van der Waals surface area contributed by atoms with E-state index in [1.165, 1.54) is 10.9 Å². The van der Waals surface area contributed by atoms with Crippen LogP contribution in [0.3, 0.4) is 0 Å². The van der Waals surface area contributed by atoms with Gasteiger partial charge in [-0.25, -0.2) is 9.37 Å². The molecule has 2 nitrogen and oxygen atoms in total. The smallest absolute Gasteiger partial charge is 0.123 e. The molecule has 1 heterocycles. The van der Waals surface area contributed by atoms with Gasteiger partial charge in [0.1, 0.15) is 5.82 Å². The maximum atomic E-state index is 13.2. The third-order valence-electron chi connectivity index (χ3n) is 3.12. The molecule has 1 aromatic carbocycles. The van der Waals surface area contributed by atoms with E-state index in [9.17, 15) is 4.39 Å². The summed E-state index contributed by atoms with van der Waals surface area (Å²) in [4.78, 5) is 5.75. The van der Waals surface area contributed by atoms with Crippen LogP contribution in [0.4, 0.5) is 4.39 Å². The van der Waals surface area contributed by atoms with Gasteiger partial charge in [-0.3, -0.25) is 0 Å². The molecule has 1 atom stereocenters. The summed E-state index contributed by atoms with van der Waals surface area (Å²) in [5.74, 6) is -0.214. The fourth-order valence-corrected chi connectivity index (χ4v) is 3.27. The van der Waals surface area contributed by atoms with Crippen LogP contribution in [0.5, 0.6) is 0 Å². The van der Waals surface area contributed by atoms with Gasteiger partial charge in [0.15, 0.2) is 0 Å². The van der Waals surface area contributed by atoms with Gasteiger partial charge < -0.3 is 5.73 Å². The van der Waals surface area contributed by atoms with Gasteiger partial charge in [0.05, 0.1) is 10.7 Å². The molecule has 4 heteroatoms. The molecule has 0 aliphatic carbocycles. The minimum absolute atomic E-state index is 0.214. The molecule has 0 radical (unpaired) electrons. The first-order valence-corrected chi connectivity index (χ1v) is 7.14. The molecule has 0 aliphatic rings. The molecule has 2 rings (SSSR count). The van der Waals surface area contributed by atoms with Gasteiger partial charge in [0.2, 0.25) is 0 Å². The number of aryl methyl sites for hydroxylation is 2. The average Bonchev–Trinajstić information content (AvgIpc) is 2.55. The van der Waals surface area contributed by atoms with Crippen molar-refractivity contribution in [2.45, 2.75) is 39.2 Å². The lowest BCUT2D eigenvalue weighted by molar-refractivity contribution is 0.460. The van der Waals surface area contributed by atoms with Crippen molar-refractivity contribution in [1.82, 2.24) is 4.98 Å². The highest BCUT2D eigenvalue weighted by Crippen LogP contribution is 2.22. The van der Waals surface area contributed by atoms with E-state index in [2.05, 4.69) is 11.9 Å². The summed E-state index contributed by atoms with van der Waals surface area (Å²) in [5.41, 5.74) is 7.92. The Kier molecular flexibility index (Phi) is 4.02. The van der Waals surface area contributed by atoms with Gasteiger partial charge >= 0.3 is 0 Å². The van der Waals surface area contributed by atoms with Crippen molar-refractivity contribution in [3.63, 3.8) is 0 Å². The molecule has 1 unspecified atom stereocenters. The Morgan fingerprint density at radius 2 is 2.05 bits per heavy atom. The molecule has 0 saturated heterocycles. The van der Waals surface area contributed by atoms with E-state index in [4.69, 9.17) is 5.73 Å². The molecule has 102 valence electrons. The molecule has 19 heavy (non-hydrogen) atoms. The highest BCUT2D eigenvalue weighted by atomic mass is 32.1. The summed E-state index contributed by atoms with van der Waals surface area (Å²) in [6, 6.07) is 6.62. The number of thiazole rings is 1. The highest BCUT2D eigenvalue weighted by Gasteiger charge is 2.22. The first kappa shape index (κ1) is 14.2. The third kappa shape index (κ3) is 3.85. The first-order valence-electron chi connectivity index (χ1n) is 6.32. The lowest BCUT2D eigenvalue weighted by Crippen LogP contribution is -2.40. The van der Waals surface area contributed by atoms with Crippen LogP contribution < -0.4 is 5.73 Å². The van der Waals surface area contributed by atoms with Gasteiger partial charge in [-0.05, 0) is 44.9 Å². The molecular weight excluding hydrogens is 259 g/mol. The Bertz CT molecular complexity index is 556. The largest absolute Gasteiger partial charge is 0.325 e. The lowest BCUT2D eigenvalue weighted by Gasteiger charge is -2.23. The van der Waals surface area contributed by atoms with E-state index < -0.39 is 5.54 Å². The number of rotatable bonds is 4. The van der Waals surface area contributed by atoms with Crippen LogP contribution in [0.15, 0.2) is 24.3 Å². The molecule has 0 spiro atoms. The normalized spacial score (nSPS) is 14.4. The second-order valence-electron chi connectivity index (χ2n) is 5.39. The fraction of sp³-hybridized carbons (Fsp3) is 0.400. The second-order valence-corrected chi connectivity index (χ2v) is 6.67. The van der Waals surface area contributed by atoms with Crippen LogP contribution in [0.25, 0.3) is 0 Å². The maximum absolute atomic E-state index is 13.2. The summed E-state index contributed by atoms with van der Waals surface area (Å²) in [7, 11) is 0. The van der Waals surface area contributed by atoms with Crippen molar-refractivity contribution in [3.05, 3.63) is 51.2 Å². The Balaban J connectivity index is 2.10. The number of nitrogens with two attached hydrogens (primary N) is 1. The molecular formula is C15H19FN2S. The number of hydrogen-bond acceptors (Lipinski definition) is 3. The lowest BCUT2D eigenvalue weighted by atomic mass is 9.91. The van der Waals surface area contributed by atoms with Crippen molar-refractivity contribution >= 4 is 11.3 Å². The van der Waals surface area contributed by atoms with Crippen LogP contribution in [-0.4, -0.2) is 10.5 Å². The van der Waals surface area contributed by atoms with Crippen LogP contribution >= 0.6 is 11.3 Å². The molecule has 0 bridgehead atoms. The van der Waals surface area contributed by atoms with E-state index >= 15 is 0 Å². The summed E-state index contributed by atoms with van der Waals surface area (Å²) in [5, 5.41) is 1.05. The zero-order chi connectivity index (χ0) is 14.0. The van der Waals surface area contributed by atoms with Gasteiger partial charge in [0, 0.05) is 16.8 Å². The summed E-state index contributed by atoms with van der Waals surface area (Å²) >= 11 is 1.69. The number of nitrogens with zero attached hydrogens (tertiary/aromatic N) is 1. The van der Waals surface area contributed by atoms with Crippen molar-refractivity contribution in [2.24, 2.45) is 5.73 Å². The standard InChI is InChI=1S/C15H19FN2S/c1-10-11(2)19-14(18-10)9-15(3,17)8-12-5-4-6-13(16)7-12/h4-7H,8-9,17H2,1-3H3. The molecule has 2 N–H and O–H groups in total. The summed E-state index contributed by atoms with van der Waals surface area (Å²) in [6.45, 7) is 6.07. The van der Waals surface area contributed by atoms with Gasteiger partial charge in [-0.1, -0.05) is 12.1 Å². The topological polar surface area (TPSA) is 38.9 Å². The molecule has 2 aromatic rings. The number of halogens is 1.